The van der Waals surface area contributed by atoms with Crippen LogP contribution in [-0.4, -0.2) is 35.2 Å². The highest BCUT2D eigenvalue weighted by Crippen LogP contribution is 2.16. The number of hydrogen-bond acceptors (Lipinski definition) is 4. The van der Waals surface area contributed by atoms with Crippen LogP contribution in [0.2, 0.25) is 0 Å². The van der Waals surface area contributed by atoms with Crippen molar-refractivity contribution in [1.29, 1.82) is 0 Å². The van der Waals surface area contributed by atoms with Gasteiger partial charge in [-0.2, -0.15) is 0 Å². The molecular weight excluding hydrogens is 283 g/mol. The average Bonchev–Trinajstić information content (AvgIpc) is 2.41. The molecule has 0 aliphatic heterocycles. The quantitative estimate of drug-likeness (QED) is 0.590. The van der Waals surface area contributed by atoms with Crippen molar-refractivity contribution in [1.82, 2.24) is 4.72 Å². The number of methoxy groups -OCH3 is 1. The number of hydrogen-bond donors (Lipinski definition) is 2. The number of benzene rings is 1. The number of rotatable bonds is 6. The van der Waals surface area contributed by atoms with E-state index in [1.165, 1.54) is 13.2 Å². The van der Waals surface area contributed by atoms with E-state index in [0.717, 1.165) is 12.1 Å². The lowest BCUT2D eigenvalue weighted by Crippen LogP contribution is -2.26. The summed E-state index contributed by atoms with van der Waals surface area (Å²) in [6, 6.07) is 3.35. The Morgan fingerprint density at radius 3 is 2.85 bits per heavy atom. The predicted molar refractivity (Wildman–Crippen MR) is 74.0 cm³/mol. The zero-order chi connectivity index (χ0) is 15.0. The molecule has 0 aliphatic carbocycles. The summed E-state index contributed by atoms with van der Waals surface area (Å²) < 4.78 is 44.7. The summed E-state index contributed by atoms with van der Waals surface area (Å²) >= 11 is 0. The summed E-state index contributed by atoms with van der Waals surface area (Å²) in [5, 5.41) is 0. The number of sulfonamides is 1. The Hall–Kier alpha value is -1.46. The largest absolute Gasteiger partial charge is 0.385 e. The van der Waals surface area contributed by atoms with Gasteiger partial charge in [-0.3, -0.25) is 0 Å². The van der Waals surface area contributed by atoms with E-state index < -0.39 is 15.8 Å². The Kier molecular flexibility index (Phi) is 6.61. The van der Waals surface area contributed by atoms with Gasteiger partial charge in [-0.15, -0.1) is 0 Å². The van der Waals surface area contributed by atoms with Gasteiger partial charge < -0.3 is 10.5 Å². The molecule has 0 amide bonds. The van der Waals surface area contributed by atoms with Gasteiger partial charge in [-0.05, 0) is 24.6 Å². The second-order valence-corrected chi connectivity index (χ2v) is 5.63. The molecule has 7 heteroatoms. The lowest BCUT2D eigenvalue weighted by Gasteiger charge is -2.08. The minimum Gasteiger partial charge on any atom is -0.385 e. The van der Waals surface area contributed by atoms with Gasteiger partial charge in [-0.25, -0.2) is 17.5 Å². The van der Waals surface area contributed by atoms with Crippen LogP contribution in [-0.2, 0) is 14.8 Å². The molecule has 1 aromatic carbocycles. The molecule has 0 saturated heterocycles. The van der Waals surface area contributed by atoms with Crippen LogP contribution in [0, 0.1) is 17.7 Å². The van der Waals surface area contributed by atoms with Crippen LogP contribution >= 0.6 is 0 Å². The lowest BCUT2D eigenvalue weighted by molar-refractivity contribution is 0.196. The van der Waals surface area contributed by atoms with Crippen LogP contribution in [0.15, 0.2) is 23.1 Å². The van der Waals surface area contributed by atoms with Crippen LogP contribution in [0.3, 0.4) is 0 Å². The Balaban J connectivity index is 2.99. The number of nitrogens with two attached hydrogens (primary N) is 1. The molecule has 20 heavy (non-hydrogen) atoms. The smallest absolute Gasteiger partial charge is 0.241 e. The van der Waals surface area contributed by atoms with Crippen molar-refractivity contribution >= 4 is 10.0 Å². The first kappa shape index (κ1) is 16.6. The maximum atomic E-state index is 13.2. The fourth-order valence-corrected chi connectivity index (χ4v) is 2.70. The van der Waals surface area contributed by atoms with Gasteiger partial charge in [0.05, 0.1) is 11.4 Å². The summed E-state index contributed by atoms with van der Waals surface area (Å²) in [5.74, 6) is 4.53. The summed E-state index contributed by atoms with van der Waals surface area (Å²) in [6.07, 6.45) is 0.542. The molecule has 0 aromatic heterocycles. The zero-order valence-corrected chi connectivity index (χ0v) is 12.0. The molecule has 0 radical (unpaired) electrons. The highest BCUT2D eigenvalue weighted by molar-refractivity contribution is 7.89. The Morgan fingerprint density at radius 1 is 1.45 bits per heavy atom. The predicted octanol–water partition coefficient (Wildman–Crippen LogP) is 0.451. The number of halogens is 1. The summed E-state index contributed by atoms with van der Waals surface area (Å²) in [5.41, 5.74) is 5.33. The maximum Gasteiger partial charge on any atom is 0.241 e. The molecule has 0 unspecified atom stereocenters. The Labute approximate surface area is 118 Å². The van der Waals surface area contributed by atoms with Crippen LogP contribution in [0.25, 0.3) is 0 Å². The minimum atomic E-state index is -3.73. The molecule has 0 spiro atoms. The molecule has 0 bridgehead atoms. The van der Waals surface area contributed by atoms with E-state index in [-0.39, 0.29) is 23.5 Å². The third kappa shape index (κ3) is 4.90. The molecule has 0 aliphatic rings. The summed E-state index contributed by atoms with van der Waals surface area (Å²) in [6.45, 7) is 0.750. The minimum absolute atomic E-state index is 0.0581. The number of ether oxygens (including phenoxy) is 1. The van der Waals surface area contributed by atoms with Crippen LogP contribution in [0.5, 0.6) is 0 Å². The van der Waals surface area contributed by atoms with Crippen LogP contribution < -0.4 is 10.5 Å². The van der Waals surface area contributed by atoms with Gasteiger partial charge in [-0.1, -0.05) is 11.8 Å². The van der Waals surface area contributed by atoms with Crippen LogP contribution in [0.1, 0.15) is 12.0 Å². The first-order valence-electron chi connectivity index (χ1n) is 5.98. The Morgan fingerprint density at radius 2 is 2.20 bits per heavy atom. The van der Waals surface area contributed by atoms with Gasteiger partial charge in [0.1, 0.15) is 5.82 Å². The van der Waals surface area contributed by atoms with Crippen molar-refractivity contribution < 1.29 is 17.5 Å². The highest BCUT2D eigenvalue weighted by atomic mass is 32.2. The number of nitrogens with one attached hydrogen (secondary N) is 1. The normalized spacial score (nSPS) is 10.9. The standard InChI is InChI=1S/C13H17FN2O3S/c1-19-9-3-8-16-20(17,18)13-6-5-12(14)10-11(13)4-2-7-15/h5-6,10,16H,3,7-9,15H2,1H3. The molecule has 0 atom stereocenters. The van der Waals surface area contributed by atoms with E-state index in [9.17, 15) is 12.8 Å². The second kappa shape index (κ2) is 7.97. The molecule has 1 rings (SSSR count). The molecule has 0 saturated carbocycles. The van der Waals surface area contributed by atoms with Crippen molar-refractivity contribution in [3.8, 4) is 11.8 Å². The van der Waals surface area contributed by atoms with E-state index in [1.807, 2.05) is 0 Å². The first-order chi connectivity index (χ1) is 9.51. The van der Waals surface area contributed by atoms with Crippen molar-refractivity contribution in [2.75, 3.05) is 26.8 Å². The molecule has 110 valence electrons. The van der Waals surface area contributed by atoms with Gasteiger partial charge in [0, 0.05) is 25.8 Å². The monoisotopic (exact) mass is 300 g/mol. The van der Waals surface area contributed by atoms with Gasteiger partial charge in [0.2, 0.25) is 10.0 Å². The molecule has 0 heterocycles. The second-order valence-electron chi connectivity index (χ2n) is 3.89. The van der Waals surface area contributed by atoms with Crippen molar-refractivity contribution in [3.63, 3.8) is 0 Å². The fourth-order valence-electron chi connectivity index (χ4n) is 1.48. The van der Waals surface area contributed by atoms with Crippen LogP contribution in [0.4, 0.5) is 4.39 Å². The van der Waals surface area contributed by atoms with Gasteiger partial charge >= 0.3 is 0 Å². The SMILES string of the molecule is COCCCNS(=O)(=O)c1ccc(F)cc1C#CCN. The highest BCUT2D eigenvalue weighted by Gasteiger charge is 2.17. The molecule has 0 fully saturated rings. The van der Waals surface area contributed by atoms with E-state index in [0.29, 0.717) is 13.0 Å². The zero-order valence-electron chi connectivity index (χ0n) is 11.1. The third-order valence-electron chi connectivity index (χ3n) is 2.37. The summed E-state index contributed by atoms with van der Waals surface area (Å²) in [4.78, 5) is -0.0581. The van der Waals surface area contributed by atoms with E-state index >= 15 is 0 Å². The van der Waals surface area contributed by atoms with Crippen molar-refractivity contribution in [2.24, 2.45) is 5.73 Å². The summed E-state index contributed by atoms with van der Waals surface area (Å²) in [7, 11) is -2.20. The van der Waals surface area contributed by atoms with Gasteiger partial charge in [0.25, 0.3) is 0 Å². The Bertz CT molecular complexity index is 606. The van der Waals surface area contributed by atoms with Gasteiger partial charge in [0.15, 0.2) is 0 Å². The molecule has 1 aromatic rings. The molecule has 5 nitrogen and oxygen atoms in total. The first-order valence-corrected chi connectivity index (χ1v) is 7.46. The van der Waals surface area contributed by atoms with E-state index in [1.54, 1.807) is 0 Å². The molecular formula is C13H17FN2O3S. The maximum absolute atomic E-state index is 13.2. The lowest BCUT2D eigenvalue weighted by atomic mass is 10.2. The average molecular weight is 300 g/mol. The molecule has 3 N–H and O–H groups in total. The van der Waals surface area contributed by atoms with Crippen molar-refractivity contribution in [3.05, 3.63) is 29.6 Å². The topological polar surface area (TPSA) is 81.4 Å². The van der Waals surface area contributed by atoms with Crippen molar-refractivity contribution in [2.45, 2.75) is 11.3 Å². The fraction of sp³-hybridized carbons (Fsp3) is 0.385. The van der Waals surface area contributed by atoms with E-state index in [4.69, 9.17) is 10.5 Å². The third-order valence-corrected chi connectivity index (χ3v) is 3.89. The van der Waals surface area contributed by atoms with E-state index in [2.05, 4.69) is 16.6 Å².